The van der Waals surface area contributed by atoms with Crippen LogP contribution in [-0.2, 0) is 0 Å². The summed E-state index contributed by atoms with van der Waals surface area (Å²) in [5.74, 6) is 0. The lowest BCUT2D eigenvalue weighted by atomic mass is 10.0. The van der Waals surface area contributed by atoms with E-state index in [1.165, 1.54) is 21.6 Å². The number of thiophene rings is 2. The van der Waals surface area contributed by atoms with Gasteiger partial charge in [0, 0.05) is 4.88 Å². The van der Waals surface area contributed by atoms with Gasteiger partial charge >= 0.3 is 0 Å². The summed E-state index contributed by atoms with van der Waals surface area (Å²) in [7, 11) is 2.03. The predicted molar refractivity (Wildman–Crippen MR) is 69.0 cm³/mol. The Hall–Kier alpha value is -0.640. The van der Waals surface area contributed by atoms with Gasteiger partial charge in [-0.1, -0.05) is 0 Å². The van der Waals surface area contributed by atoms with E-state index in [0.717, 1.165) is 0 Å². The van der Waals surface area contributed by atoms with Crippen molar-refractivity contribution in [1.82, 2.24) is 5.32 Å². The van der Waals surface area contributed by atoms with Gasteiger partial charge < -0.3 is 5.32 Å². The lowest BCUT2D eigenvalue weighted by molar-refractivity contribution is 0.699. The third-order valence-corrected chi connectivity index (χ3v) is 4.62. The molecular weight excluding hydrogens is 222 g/mol. The van der Waals surface area contributed by atoms with E-state index in [9.17, 15) is 0 Å². The smallest absolute Gasteiger partial charge is 0.0681 e. The van der Waals surface area contributed by atoms with Crippen LogP contribution in [0.3, 0.4) is 0 Å². The first-order valence-electron chi connectivity index (χ1n) is 4.98. The van der Waals surface area contributed by atoms with E-state index in [0.29, 0.717) is 6.04 Å². The molecule has 2 aromatic rings. The highest BCUT2D eigenvalue weighted by Gasteiger charge is 2.17. The quantitative estimate of drug-likeness (QED) is 0.857. The summed E-state index contributed by atoms with van der Waals surface area (Å²) in [6.45, 7) is 4.36. The zero-order valence-corrected chi connectivity index (χ0v) is 10.8. The maximum atomic E-state index is 3.41. The Morgan fingerprint density at radius 2 is 2.00 bits per heavy atom. The minimum atomic E-state index is 0.358. The zero-order valence-electron chi connectivity index (χ0n) is 9.20. The molecule has 1 unspecified atom stereocenters. The van der Waals surface area contributed by atoms with Crippen molar-refractivity contribution in [3.63, 3.8) is 0 Å². The number of hydrogen-bond acceptors (Lipinski definition) is 3. The number of aryl methyl sites for hydroxylation is 2. The van der Waals surface area contributed by atoms with E-state index in [1.54, 1.807) is 11.3 Å². The van der Waals surface area contributed by atoms with Gasteiger partial charge in [0.15, 0.2) is 0 Å². The van der Waals surface area contributed by atoms with Crippen molar-refractivity contribution < 1.29 is 0 Å². The van der Waals surface area contributed by atoms with Crippen molar-refractivity contribution in [2.24, 2.45) is 0 Å². The Morgan fingerprint density at radius 3 is 2.47 bits per heavy atom. The van der Waals surface area contributed by atoms with Crippen molar-refractivity contribution in [2.45, 2.75) is 19.9 Å². The van der Waals surface area contributed by atoms with Gasteiger partial charge in [-0.3, -0.25) is 0 Å². The molecule has 1 N–H and O–H groups in total. The summed E-state index contributed by atoms with van der Waals surface area (Å²) in [5.41, 5.74) is 4.17. The molecule has 15 heavy (non-hydrogen) atoms. The Kier molecular flexibility index (Phi) is 3.24. The number of hydrogen-bond donors (Lipinski definition) is 1. The molecule has 80 valence electrons. The van der Waals surface area contributed by atoms with Crippen molar-refractivity contribution in [3.05, 3.63) is 43.8 Å². The van der Waals surface area contributed by atoms with Crippen LogP contribution >= 0.6 is 22.7 Å². The molecular formula is C12H15NS2. The standard InChI is InChI=1S/C12H15NS2/c1-8-4-5-15-12(8)11(13-3)10-7-14-6-9(10)2/h4-7,11,13H,1-3H3. The van der Waals surface area contributed by atoms with Gasteiger partial charge in [0.1, 0.15) is 0 Å². The Labute approximate surface area is 98.8 Å². The largest absolute Gasteiger partial charge is 0.309 e. The van der Waals surface area contributed by atoms with Gasteiger partial charge in [-0.25, -0.2) is 0 Å². The van der Waals surface area contributed by atoms with Crippen molar-refractivity contribution >= 4 is 22.7 Å². The lowest BCUT2D eigenvalue weighted by Crippen LogP contribution is -2.17. The first kappa shape index (κ1) is 10.9. The van der Waals surface area contributed by atoms with Gasteiger partial charge in [-0.15, -0.1) is 11.3 Å². The highest BCUT2D eigenvalue weighted by atomic mass is 32.1. The predicted octanol–water partition coefficient (Wildman–Crippen LogP) is 3.74. The van der Waals surface area contributed by atoms with E-state index >= 15 is 0 Å². The minimum Gasteiger partial charge on any atom is -0.309 e. The summed E-state index contributed by atoms with van der Waals surface area (Å²) in [5, 5.41) is 10.0. The summed E-state index contributed by atoms with van der Waals surface area (Å²) in [6, 6.07) is 2.54. The normalized spacial score (nSPS) is 13.0. The van der Waals surface area contributed by atoms with Gasteiger partial charge in [-0.05, 0) is 59.8 Å². The third kappa shape index (κ3) is 2.00. The maximum absolute atomic E-state index is 3.41. The van der Waals surface area contributed by atoms with Crippen LogP contribution < -0.4 is 5.32 Å². The molecule has 0 bridgehead atoms. The number of nitrogens with one attached hydrogen (secondary N) is 1. The van der Waals surface area contributed by atoms with Crippen LogP contribution in [0.15, 0.2) is 22.2 Å². The molecule has 1 atom stereocenters. The molecule has 2 rings (SSSR count). The second kappa shape index (κ2) is 4.47. The van der Waals surface area contributed by atoms with Gasteiger partial charge in [0.25, 0.3) is 0 Å². The van der Waals surface area contributed by atoms with Gasteiger partial charge in [0.05, 0.1) is 6.04 Å². The van der Waals surface area contributed by atoms with E-state index < -0.39 is 0 Å². The Balaban J connectivity index is 2.41. The second-order valence-electron chi connectivity index (χ2n) is 3.70. The molecule has 0 spiro atoms. The highest BCUT2D eigenvalue weighted by Crippen LogP contribution is 2.32. The summed E-state index contributed by atoms with van der Waals surface area (Å²) in [4.78, 5) is 1.43. The summed E-state index contributed by atoms with van der Waals surface area (Å²) in [6.07, 6.45) is 0. The van der Waals surface area contributed by atoms with Crippen LogP contribution in [-0.4, -0.2) is 7.05 Å². The van der Waals surface area contributed by atoms with E-state index in [1.807, 2.05) is 18.4 Å². The number of rotatable bonds is 3. The van der Waals surface area contributed by atoms with Crippen LogP contribution in [0.1, 0.15) is 27.6 Å². The fraction of sp³-hybridized carbons (Fsp3) is 0.333. The van der Waals surface area contributed by atoms with E-state index in [2.05, 4.69) is 41.4 Å². The third-order valence-electron chi connectivity index (χ3n) is 2.66. The second-order valence-corrected chi connectivity index (χ2v) is 5.39. The highest BCUT2D eigenvalue weighted by molar-refractivity contribution is 7.10. The molecule has 0 saturated carbocycles. The molecule has 2 aromatic heterocycles. The topological polar surface area (TPSA) is 12.0 Å². The fourth-order valence-electron chi connectivity index (χ4n) is 1.77. The van der Waals surface area contributed by atoms with Crippen LogP contribution in [0.25, 0.3) is 0 Å². The van der Waals surface area contributed by atoms with E-state index in [-0.39, 0.29) is 0 Å². The molecule has 0 aliphatic rings. The van der Waals surface area contributed by atoms with Crippen LogP contribution in [0.5, 0.6) is 0 Å². The molecule has 3 heteroatoms. The molecule has 0 aliphatic carbocycles. The van der Waals surface area contributed by atoms with Crippen molar-refractivity contribution in [3.8, 4) is 0 Å². The van der Waals surface area contributed by atoms with E-state index in [4.69, 9.17) is 0 Å². The zero-order chi connectivity index (χ0) is 10.8. The molecule has 0 aromatic carbocycles. The minimum absolute atomic E-state index is 0.358. The first-order chi connectivity index (χ1) is 7.24. The molecule has 0 amide bonds. The van der Waals surface area contributed by atoms with Crippen LogP contribution in [0.2, 0.25) is 0 Å². The SMILES string of the molecule is CNC(c1cscc1C)c1sccc1C. The first-order valence-corrected chi connectivity index (χ1v) is 6.80. The molecule has 1 nitrogen and oxygen atoms in total. The maximum Gasteiger partial charge on any atom is 0.0681 e. The molecule has 0 saturated heterocycles. The molecule has 0 radical (unpaired) electrons. The average molecular weight is 237 g/mol. The molecule has 0 fully saturated rings. The van der Waals surface area contributed by atoms with Crippen LogP contribution in [0, 0.1) is 13.8 Å². The Morgan fingerprint density at radius 1 is 1.20 bits per heavy atom. The van der Waals surface area contributed by atoms with Gasteiger partial charge in [-0.2, -0.15) is 11.3 Å². The van der Waals surface area contributed by atoms with Gasteiger partial charge in [0.2, 0.25) is 0 Å². The fourth-order valence-corrected chi connectivity index (χ4v) is 3.70. The summed E-state index contributed by atoms with van der Waals surface area (Å²) >= 11 is 3.61. The monoisotopic (exact) mass is 237 g/mol. The van der Waals surface area contributed by atoms with Crippen molar-refractivity contribution in [1.29, 1.82) is 0 Å². The Bertz CT molecular complexity index is 402. The molecule has 2 heterocycles. The lowest BCUT2D eigenvalue weighted by Gasteiger charge is -2.16. The average Bonchev–Trinajstić information content (AvgIpc) is 2.80. The van der Waals surface area contributed by atoms with Crippen LogP contribution in [0.4, 0.5) is 0 Å². The van der Waals surface area contributed by atoms with Crippen molar-refractivity contribution in [2.75, 3.05) is 7.05 Å². The summed E-state index contributed by atoms with van der Waals surface area (Å²) < 4.78 is 0. The molecule has 0 aliphatic heterocycles.